The molecule has 1 aromatic heterocycles. The fraction of sp³-hybridized carbons (Fsp3) is 0.424. The number of β-amino-alcohol motifs (C(OH)–C–C–N with tert-alkyl or cyclic N) is 1. The maximum Gasteiger partial charge on any atom is 0.261 e. The molecule has 0 aliphatic carbocycles. The number of aromatic nitrogens is 2. The number of fused-ring (bicyclic) bond motifs is 2. The van der Waals surface area contributed by atoms with Gasteiger partial charge in [-0.05, 0) is 60.4 Å². The Morgan fingerprint density at radius 1 is 0.756 bits per heavy atom. The lowest BCUT2D eigenvalue weighted by molar-refractivity contribution is -0.433. The second-order valence-electron chi connectivity index (χ2n) is 21.8. The number of phenolic OH excluding ortho intramolecular Hbond substituents is 1. The Balaban J connectivity index is 1.06. The molecular weight excluding hydrogens is 1220 g/mol. The predicted octanol–water partition coefficient (Wildman–Crippen LogP) is 0.0122. The predicted molar refractivity (Wildman–Crippen MR) is 319 cm³/mol. The van der Waals surface area contributed by atoms with Gasteiger partial charge in [0, 0.05) is 68.1 Å². The highest BCUT2D eigenvalue weighted by molar-refractivity contribution is 7.90. The van der Waals surface area contributed by atoms with Gasteiger partial charge in [0.25, 0.3) is 18.2 Å². The smallest absolute Gasteiger partial charge is 0.261 e. The number of ether oxygens (including phenoxy) is 1. The normalized spacial score (nSPS) is 24.9. The van der Waals surface area contributed by atoms with Crippen LogP contribution in [0.3, 0.4) is 0 Å². The molecule has 7 amide bonds. The molecular formula is C59H68N10O19S2. The average molecular weight is 1290 g/mol. The molecule has 5 aromatic rings. The van der Waals surface area contributed by atoms with Crippen molar-refractivity contribution in [3.63, 3.8) is 0 Å². The van der Waals surface area contributed by atoms with E-state index in [4.69, 9.17) is 20.7 Å². The Kier molecular flexibility index (Phi) is 23.3. The molecule has 13 atom stereocenters. The SMILES string of the molecule is [C-]#[N+]C[C@@H](O)[C@@H]1NC(=O)C([C@H](O)Cc2ccc(O)c(OSOOO)c2)NC(=O)C2CC(O)CN2C(=O)C(C(C)O)NC(=O)[C@@H](NC(=O)c2ccc(-c3nnc(-c4ccc(-c5ccc(COCC)cc5)cc4)s3)cc2)C[C@H](O)CNC(=O)C2[C@@H](O)C(C)CN2C1=O. The van der Waals surface area contributed by atoms with Crippen molar-refractivity contribution in [2.45, 2.75) is 120 Å². The highest BCUT2D eigenvalue weighted by Gasteiger charge is 2.50. The van der Waals surface area contributed by atoms with E-state index in [1.54, 1.807) is 12.1 Å². The molecule has 3 aliphatic rings. The van der Waals surface area contributed by atoms with Crippen LogP contribution in [0, 0.1) is 12.5 Å². The number of carbonyl (C=O) groups is 7. The topological polar surface area (TPSA) is 415 Å². The fourth-order valence-electron chi connectivity index (χ4n) is 10.6. The van der Waals surface area contributed by atoms with E-state index < -0.39 is 165 Å². The maximum absolute atomic E-state index is 14.6. The van der Waals surface area contributed by atoms with Gasteiger partial charge in [-0.2, -0.15) is 0 Å². The quantitative estimate of drug-likeness (QED) is 0.0181. The third-order valence-corrected chi connectivity index (χ3v) is 16.8. The van der Waals surface area contributed by atoms with Crippen LogP contribution < -0.4 is 30.8 Å². The zero-order valence-corrected chi connectivity index (χ0v) is 50.3. The van der Waals surface area contributed by atoms with Crippen LogP contribution in [-0.2, 0) is 55.9 Å². The fourth-order valence-corrected chi connectivity index (χ4v) is 11.7. The Labute approximate surface area is 523 Å². The van der Waals surface area contributed by atoms with Crippen LogP contribution in [0.5, 0.6) is 11.5 Å². The van der Waals surface area contributed by atoms with E-state index in [1.165, 1.54) is 36.5 Å². The Morgan fingerprint density at radius 3 is 1.99 bits per heavy atom. The minimum Gasteiger partial charge on any atom is -0.504 e. The van der Waals surface area contributed by atoms with Crippen LogP contribution in [0.4, 0.5) is 0 Å². The first-order valence-corrected chi connectivity index (χ1v) is 29.9. The van der Waals surface area contributed by atoms with Gasteiger partial charge < -0.3 is 85.9 Å². The highest BCUT2D eigenvalue weighted by Crippen LogP contribution is 2.34. The molecule has 29 nitrogen and oxygen atoms in total. The Bertz CT molecular complexity index is 3390. The van der Waals surface area contributed by atoms with Gasteiger partial charge in [0.2, 0.25) is 42.0 Å². The summed E-state index contributed by atoms with van der Waals surface area (Å²) in [5.74, 6) is -9.65. The van der Waals surface area contributed by atoms with Crippen LogP contribution in [-0.4, -0.2) is 208 Å². The number of aliphatic hydroxyl groups excluding tert-OH is 6. The number of phenols is 1. The second kappa shape index (κ2) is 31.0. The van der Waals surface area contributed by atoms with Crippen molar-refractivity contribution in [2.24, 2.45) is 5.92 Å². The maximum atomic E-state index is 14.6. The second-order valence-corrected chi connectivity index (χ2v) is 23.3. The van der Waals surface area contributed by atoms with Crippen LogP contribution in [0.2, 0.25) is 0 Å². The van der Waals surface area contributed by atoms with Crippen molar-refractivity contribution in [3.8, 4) is 43.8 Å². The Hall–Kier alpha value is -8.23. The van der Waals surface area contributed by atoms with Crippen LogP contribution >= 0.6 is 23.7 Å². The summed E-state index contributed by atoms with van der Waals surface area (Å²) in [6.07, 6.45) is -12.3. The van der Waals surface area contributed by atoms with E-state index in [0.717, 1.165) is 51.1 Å². The van der Waals surface area contributed by atoms with Crippen molar-refractivity contribution in [1.29, 1.82) is 0 Å². The van der Waals surface area contributed by atoms with Gasteiger partial charge in [0.05, 0.1) is 37.1 Å². The zero-order valence-electron chi connectivity index (χ0n) is 48.7. The molecule has 3 fully saturated rings. The molecule has 3 aliphatic heterocycles. The molecule has 0 bridgehead atoms. The van der Waals surface area contributed by atoms with Gasteiger partial charge in [0.1, 0.15) is 46.3 Å². The summed E-state index contributed by atoms with van der Waals surface area (Å²) in [6, 6.07) is 14.1. The van der Waals surface area contributed by atoms with Gasteiger partial charge in [-0.25, -0.2) is 11.8 Å². The first-order chi connectivity index (χ1) is 43.1. The van der Waals surface area contributed by atoms with Gasteiger partial charge in [0.15, 0.2) is 17.6 Å². The first-order valence-electron chi connectivity index (χ1n) is 28.5. The number of rotatable bonds is 18. The number of amides is 7. The third-order valence-electron chi connectivity index (χ3n) is 15.4. The van der Waals surface area contributed by atoms with Crippen molar-refractivity contribution in [3.05, 3.63) is 119 Å². The number of nitrogens with one attached hydrogen (secondary N) is 5. The van der Waals surface area contributed by atoms with Gasteiger partial charge in [-0.1, -0.05) is 94.4 Å². The standard InChI is InChI=1S/C59H68N10O19S2/c1-5-85-28-31-6-9-33(10-7-31)34-11-15-36(16-12-34)56-66-67-57(89-56)37-17-13-35(14-18-37)51(77)62-40-22-38(71)24-61-55(81)49-50(76)29(2)26-69(49)59(83)48(44(75)25-60-4)65-54(80)47(43(74)20-32-8-19-42(73)45(21-32)86-90-88-87-84)64-53(79)41-23-39(72)27-68(41)58(82)46(30(3)70)63-52(40)78/h6-19,21,29-30,38-41,43-44,46-50,70-76,84H,5,20,22-28H2,1-3H3,(H,61,81)(H,62,77)(H,63,78)(H,64,79)(H,65,80)/t29?,30?,38-,39?,40-,41?,43+,44+,46?,47?,48-,49?,50-/m0/s1. The first kappa shape index (κ1) is 67.7. The number of benzene rings is 4. The molecule has 4 heterocycles. The van der Waals surface area contributed by atoms with Gasteiger partial charge in [-0.15, -0.1) is 10.2 Å². The molecule has 13 N–H and O–H groups in total. The van der Waals surface area contributed by atoms with Crippen molar-refractivity contribution >= 4 is 65.0 Å². The van der Waals surface area contributed by atoms with Crippen molar-refractivity contribution < 1.29 is 92.9 Å². The number of aromatic hydroxyl groups is 1. The highest BCUT2D eigenvalue weighted by atomic mass is 32.2. The molecule has 90 heavy (non-hydrogen) atoms. The summed E-state index contributed by atoms with van der Waals surface area (Å²) >= 11 is 1.37. The van der Waals surface area contributed by atoms with E-state index in [9.17, 15) is 69.3 Å². The van der Waals surface area contributed by atoms with Crippen molar-refractivity contribution in [1.82, 2.24) is 46.6 Å². The van der Waals surface area contributed by atoms with E-state index in [0.29, 0.717) is 28.8 Å². The van der Waals surface area contributed by atoms with Crippen molar-refractivity contribution in [2.75, 3.05) is 32.8 Å². The summed E-state index contributed by atoms with van der Waals surface area (Å²) in [7, 11) is 0. The van der Waals surface area contributed by atoms with Crippen LogP contribution in [0.15, 0.2) is 91.0 Å². The average Bonchev–Trinajstić information content (AvgIpc) is 2.08. The zero-order chi connectivity index (χ0) is 64.9. The number of nitrogens with zero attached hydrogens (tertiary/aromatic N) is 5. The number of carbonyl (C=O) groups excluding carboxylic acids is 7. The van der Waals surface area contributed by atoms with Gasteiger partial charge >= 0.3 is 0 Å². The summed E-state index contributed by atoms with van der Waals surface area (Å²) in [6.45, 7) is 10.7. The number of aliphatic hydroxyl groups is 6. The van der Waals surface area contributed by atoms with E-state index in [2.05, 4.69) is 51.0 Å². The molecule has 7 unspecified atom stereocenters. The summed E-state index contributed by atoms with van der Waals surface area (Å²) in [5, 5.41) is 112. The lowest BCUT2D eigenvalue weighted by atomic mass is 9.99. The summed E-state index contributed by atoms with van der Waals surface area (Å²) < 4.78 is 14.8. The lowest BCUT2D eigenvalue weighted by Gasteiger charge is -2.33. The molecule has 4 aromatic carbocycles. The minimum absolute atomic E-state index is 0.0112. The summed E-state index contributed by atoms with van der Waals surface area (Å²) in [4.78, 5) is 106. The molecule has 3 saturated heterocycles. The molecule has 31 heteroatoms. The lowest BCUT2D eigenvalue weighted by Crippen LogP contribution is -2.64. The molecule has 0 radical (unpaired) electrons. The van der Waals surface area contributed by atoms with Crippen LogP contribution in [0.1, 0.15) is 55.1 Å². The van der Waals surface area contributed by atoms with Gasteiger partial charge in [-0.3, -0.25) is 33.6 Å². The molecule has 0 spiro atoms. The van der Waals surface area contributed by atoms with E-state index >= 15 is 0 Å². The monoisotopic (exact) mass is 1280 g/mol. The molecule has 8 rings (SSSR count). The molecule has 0 saturated carbocycles. The molecule has 480 valence electrons. The minimum atomic E-state index is -2.15. The van der Waals surface area contributed by atoms with Crippen LogP contribution in [0.25, 0.3) is 37.1 Å². The van der Waals surface area contributed by atoms with E-state index in [-0.39, 0.29) is 35.7 Å². The Morgan fingerprint density at radius 2 is 1.36 bits per heavy atom. The van der Waals surface area contributed by atoms with E-state index in [1.807, 2.05) is 55.5 Å². The number of hydrogen-bond acceptors (Lipinski definition) is 23. The third kappa shape index (κ3) is 16.6. The largest absolute Gasteiger partial charge is 0.504 e. The summed E-state index contributed by atoms with van der Waals surface area (Å²) in [5.41, 5.74) is 4.61. The number of hydrogen-bond donors (Lipinski definition) is 13.